The maximum absolute atomic E-state index is 14.0. The largest absolute Gasteiger partial charge is 0.497 e. The zero-order valence-electron chi connectivity index (χ0n) is 18.7. The van der Waals surface area contributed by atoms with Crippen molar-refractivity contribution >= 4 is 22.7 Å². The van der Waals surface area contributed by atoms with E-state index in [2.05, 4.69) is 10.2 Å². The molecule has 0 fully saturated rings. The lowest BCUT2D eigenvalue weighted by molar-refractivity contribution is 0.278. The van der Waals surface area contributed by atoms with E-state index < -0.39 is 11.4 Å². The van der Waals surface area contributed by atoms with E-state index in [-0.39, 0.29) is 12.4 Å². The highest BCUT2D eigenvalue weighted by Crippen LogP contribution is 2.30. The maximum atomic E-state index is 14.0. The predicted octanol–water partition coefficient (Wildman–Crippen LogP) is 5.39. The molecule has 2 aromatic heterocycles. The van der Waals surface area contributed by atoms with Crippen molar-refractivity contribution in [3.8, 4) is 17.2 Å². The topological polar surface area (TPSA) is 79.4 Å². The van der Waals surface area contributed by atoms with Gasteiger partial charge in [0.05, 0.1) is 7.11 Å². The van der Waals surface area contributed by atoms with Crippen LogP contribution in [0.5, 0.6) is 11.5 Å². The Bertz CT molecular complexity index is 1540. The first-order valence-electron chi connectivity index (χ1n) is 10.7. The SMILES string of the molecule is COc1ccc2c(CSc3nnc(COc4ccccc4F)n3-c3ccccc3)cc(=O)oc2c1. The number of aromatic nitrogens is 3. The van der Waals surface area contributed by atoms with E-state index in [1.807, 2.05) is 47.0 Å². The number of benzene rings is 3. The van der Waals surface area contributed by atoms with Crippen LogP contribution in [0.15, 0.2) is 93.2 Å². The van der Waals surface area contributed by atoms with Crippen LogP contribution in [0.25, 0.3) is 16.7 Å². The van der Waals surface area contributed by atoms with Gasteiger partial charge < -0.3 is 13.9 Å². The Morgan fingerprint density at radius 2 is 1.80 bits per heavy atom. The van der Waals surface area contributed by atoms with Crippen molar-refractivity contribution in [2.24, 2.45) is 0 Å². The number of thioether (sulfide) groups is 1. The lowest BCUT2D eigenvalue weighted by Crippen LogP contribution is -2.07. The number of fused-ring (bicyclic) bond motifs is 1. The number of para-hydroxylation sites is 2. The van der Waals surface area contributed by atoms with E-state index >= 15 is 0 Å². The Kier molecular flexibility index (Phi) is 6.49. The molecule has 5 aromatic rings. The molecule has 0 aliphatic heterocycles. The van der Waals surface area contributed by atoms with Gasteiger partial charge in [0.2, 0.25) is 0 Å². The molecule has 5 rings (SSSR count). The molecule has 0 saturated heterocycles. The van der Waals surface area contributed by atoms with Gasteiger partial charge in [-0.15, -0.1) is 10.2 Å². The van der Waals surface area contributed by atoms with Gasteiger partial charge in [-0.25, -0.2) is 9.18 Å². The summed E-state index contributed by atoms with van der Waals surface area (Å²) in [6.07, 6.45) is 0. The minimum absolute atomic E-state index is 0.0288. The van der Waals surface area contributed by atoms with Crippen molar-refractivity contribution in [2.45, 2.75) is 17.5 Å². The summed E-state index contributed by atoms with van der Waals surface area (Å²) in [6, 6.07) is 22.7. The molecule has 0 saturated carbocycles. The molecule has 7 nitrogen and oxygen atoms in total. The lowest BCUT2D eigenvalue weighted by Gasteiger charge is -2.12. The Morgan fingerprint density at radius 1 is 1.00 bits per heavy atom. The molecule has 0 aliphatic carbocycles. The highest BCUT2D eigenvalue weighted by Gasteiger charge is 2.17. The maximum Gasteiger partial charge on any atom is 0.336 e. The second-order valence-electron chi connectivity index (χ2n) is 7.53. The molecular weight excluding hydrogens is 469 g/mol. The molecule has 0 N–H and O–H groups in total. The van der Waals surface area contributed by atoms with Gasteiger partial charge in [-0.2, -0.15) is 0 Å². The second kappa shape index (κ2) is 10.0. The highest BCUT2D eigenvalue weighted by atomic mass is 32.2. The molecule has 0 radical (unpaired) electrons. The predicted molar refractivity (Wildman–Crippen MR) is 131 cm³/mol. The third-order valence-electron chi connectivity index (χ3n) is 5.30. The Balaban J connectivity index is 1.45. The van der Waals surface area contributed by atoms with Gasteiger partial charge >= 0.3 is 5.63 Å². The van der Waals surface area contributed by atoms with Crippen molar-refractivity contribution < 1.29 is 18.3 Å². The van der Waals surface area contributed by atoms with Gasteiger partial charge in [-0.05, 0) is 42.0 Å². The summed E-state index contributed by atoms with van der Waals surface area (Å²) in [7, 11) is 1.56. The van der Waals surface area contributed by atoms with Crippen LogP contribution in [-0.4, -0.2) is 21.9 Å². The number of nitrogens with zero attached hydrogens (tertiary/aromatic N) is 3. The van der Waals surface area contributed by atoms with Crippen LogP contribution in [-0.2, 0) is 12.4 Å². The first-order valence-corrected chi connectivity index (χ1v) is 11.7. The fraction of sp³-hybridized carbons (Fsp3) is 0.115. The molecule has 35 heavy (non-hydrogen) atoms. The number of hydrogen-bond donors (Lipinski definition) is 0. The number of hydrogen-bond acceptors (Lipinski definition) is 7. The summed E-state index contributed by atoms with van der Waals surface area (Å²) < 4.78 is 32.2. The highest BCUT2D eigenvalue weighted by molar-refractivity contribution is 7.98. The molecule has 0 unspecified atom stereocenters. The molecule has 0 spiro atoms. The van der Waals surface area contributed by atoms with E-state index in [1.54, 1.807) is 31.4 Å². The van der Waals surface area contributed by atoms with E-state index in [9.17, 15) is 9.18 Å². The average molecular weight is 490 g/mol. The molecule has 9 heteroatoms. The van der Waals surface area contributed by atoms with Crippen LogP contribution >= 0.6 is 11.8 Å². The minimum atomic E-state index is -0.445. The molecule has 3 aromatic carbocycles. The fourth-order valence-corrected chi connectivity index (χ4v) is 4.59. The fourth-order valence-electron chi connectivity index (χ4n) is 3.63. The number of ether oxygens (including phenoxy) is 2. The quantitative estimate of drug-likeness (QED) is 0.213. The van der Waals surface area contributed by atoms with Gasteiger partial charge in [-0.1, -0.05) is 42.1 Å². The summed E-state index contributed by atoms with van der Waals surface area (Å²) in [5.74, 6) is 1.27. The molecule has 2 heterocycles. The van der Waals surface area contributed by atoms with E-state index in [1.165, 1.54) is 23.9 Å². The molecule has 0 aliphatic rings. The Labute approximate surface area is 204 Å². The summed E-state index contributed by atoms with van der Waals surface area (Å²) >= 11 is 1.42. The van der Waals surface area contributed by atoms with Gasteiger partial charge in [0, 0.05) is 29.0 Å². The molecule has 176 valence electrons. The zero-order chi connectivity index (χ0) is 24.2. The van der Waals surface area contributed by atoms with Crippen LogP contribution in [0, 0.1) is 5.82 Å². The minimum Gasteiger partial charge on any atom is -0.497 e. The smallest absolute Gasteiger partial charge is 0.336 e. The Morgan fingerprint density at radius 3 is 2.60 bits per heavy atom. The molecule has 0 atom stereocenters. The zero-order valence-corrected chi connectivity index (χ0v) is 19.5. The van der Waals surface area contributed by atoms with Crippen LogP contribution in [0.4, 0.5) is 4.39 Å². The van der Waals surface area contributed by atoms with E-state index in [0.29, 0.717) is 28.1 Å². The summed E-state index contributed by atoms with van der Waals surface area (Å²) in [4.78, 5) is 12.2. The molecular formula is C26H20FN3O4S. The molecule has 0 amide bonds. The van der Waals surface area contributed by atoms with Crippen molar-refractivity contribution in [3.05, 3.63) is 106 Å². The third kappa shape index (κ3) is 4.90. The molecule has 0 bridgehead atoms. The van der Waals surface area contributed by atoms with Crippen LogP contribution in [0.2, 0.25) is 0 Å². The summed E-state index contributed by atoms with van der Waals surface area (Å²) in [5.41, 5.74) is 1.66. The van der Waals surface area contributed by atoms with Gasteiger partial charge in [0.15, 0.2) is 22.5 Å². The first kappa shape index (κ1) is 22.7. The van der Waals surface area contributed by atoms with Crippen molar-refractivity contribution in [1.82, 2.24) is 14.8 Å². The van der Waals surface area contributed by atoms with Crippen LogP contribution in [0.1, 0.15) is 11.4 Å². The number of halogens is 1. The van der Waals surface area contributed by atoms with E-state index in [4.69, 9.17) is 13.9 Å². The third-order valence-corrected chi connectivity index (χ3v) is 6.28. The normalized spacial score (nSPS) is 11.0. The standard InChI is InChI=1S/C26H20FN3O4S/c1-32-19-11-12-20-17(13-25(31)34-23(20)14-19)16-35-26-29-28-24(30(26)18-7-3-2-4-8-18)15-33-22-10-6-5-9-21(22)27/h2-14H,15-16H2,1H3. The Hall–Kier alpha value is -4.11. The van der Waals surface area contributed by atoms with Gasteiger partial charge in [0.25, 0.3) is 0 Å². The summed E-state index contributed by atoms with van der Waals surface area (Å²) in [5, 5.41) is 10.1. The number of methoxy groups -OCH3 is 1. The van der Waals surface area contributed by atoms with Crippen molar-refractivity contribution in [1.29, 1.82) is 0 Å². The van der Waals surface area contributed by atoms with Crippen molar-refractivity contribution in [3.63, 3.8) is 0 Å². The van der Waals surface area contributed by atoms with E-state index in [0.717, 1.165) is 16.6 Å². The first-order chi connectivity index (χ1) is 17.1. The van der Waals surface area contributed by atoms with Crippen LogP contribution < -0.4 is 15.1 Å². The second-order valence-corrected chi connectivity index (χ2v) is 8.47. The van der Waals surface area contributed by atoms with Crippen LogP contribution in [0.3, 0.4) is 0 Å². The summed E-state index contributed by atoms with van der Waals surface area (Å²) in [6.45, 7) is 0.0288. The average Bonchev–Trinajstić information content (AvgIpc) is 3.29. The van der Waals surface area contributed by atoms with Crippen molar-refractivity contribution in [2.75, 3.05) is 7.11 Å². The lowest BCUT2D eigenvalue weighted by atomic mass is 10.1. The number of rotatable bonds is 8. The van der Waals surface area contributed by atoms with Gasteiger partial charge in [0.1, 0.15) is 17.9 Å². The van der Waals surface area contributed by atoms with Gasteiger partial charge in [-0.3, -0.25) is 4.57 Å². The monoisotopic (exact) mass is 489 g/mol.